The first-order valence-electron chi connectivity index (χ1n) is 9.59. The molecule has 2 fully saturated rings. The number of likely N-dealkylation sites (tertiary alicyclic amines) is 1. The Labute approximate surface area is 155 Å². The third-order valence-corrected chi connectivity index (χ3v) is 6.43. The molecular weight excluding hydrogens is 328 g/mol. The van der Waals surface area contributed by atoms with Gasteiger partial charge in [-0.15, -0.1) is 0 Å². The van der Waals surface area contributed by atoms with Crippen LogP contribution in [0.4, 0.5) is 0 Å². The van der Waals surface area contributed by atoms with Gasteiger partial charge in [-0.3, -0.25) is 9.47 Å². The lowest BCUT2D eigenvalue weighted by molar-refractivity contribution is 0.0323. The molecule has 1 aliphatic heterocycles. The summed E-state index contributed by atoms with van der Waals surface area (Å²) in [4.78, 5) is 2.63. The van der Waals surface area contributed by atoms with Crippen LogP contribution in [0.15, 0.2) is 24.5 Å². The van der Waals surface area contributed by atoms with E-state index in [1.165, 1.54) is 56.2 Å². The summed E-state index contributed by atoms with van der Waals surface area (Å²) >= 11 is 5.75. The predicted molar refractivity (Wildman–Crippen MR) is 104 cm³/mol. The number of fused-ring (bicyclic) bond motifs is 1. The fourth-order valence-electron chi connectivity index (χ4n) is 4.75. The largest absolute Gasteiger partial charge is 0.281 e. The van der Waals surface area contributed by atoms with Crippen LogP contribution < -0.4 is 0 Å². The van der Waals surface area contributed by atoms with Gasteiger partial charge in [0.2, 0.25) is 4.77 Å². The summed E-state index contributed by atoms with van der Waals surface area (Å²) in [6.45, 7) is 6.27. The van der Waals surface area contributed by atoms with E-state index in [1.807, 2.05) is 15.6 Å². The van der Waals surface area contributed by atoms with Crippen LogP contribution >= 0.6 is 12.2 Å². The molecule has 5 heteroatoms. The van der Waals surface area contributed by atoms with Gasteiger partial charge in [0, 0.05) is 12.6 Å². The van der Waals surface area contributed by atoms with Crippen molar-refractivity contribution in [1.82, 2.24) is 19.2 Å². The minimum absolute atomic E-state index is 0.732. The molecule has 0 N–H and O–H groups in total. The number of piperidine rings is 1. The molecule has 0 radical (unpaired) electrons. The topological polar surface area (TPSA) is 26.0 Å². The lowest BCUT2D eigenvalue weighted by atomic mass is 9.78. The van der Waals surface area contributed by atoms with E-state index in [-0.39, 0.29) is 0 Å². The molecule has 4 nitrogen and oxygen atoms in total. The highest BCUT2D eigenvalue weighted by molar-refractivity contribution is 7.71. The lowest BCUT2D eigenvalue weighted by Crippen LogP contribution is -2.47. The highest BCUT2D eigenvalue weighted by atomic mass is 32.1. The van der Waals surface area contributed by atoms with E-state index in [2.05, 4.69) is 42.0 Å². The molecule has 2 unspecified atom stereocenters. The van der Waals surface area contributed by atoms with Crippen LogP contribution in [0.2, 0.25) is 0 Å². The van der Waals surface area contributed by atoms with E-state index < -0.39 is 0 Å². The Hall–Kier alpha value is -1.46. The maximum atomic E-state index is 5.75. The van der Waals surface area contributed by atoms with Crippen LogP contribution in [0.5, 0.6) is 0 Å². The van der Waals surface area contributed by atoms with Crippen molar-refractivity contribution in [1.29, 1.82) is 0 Å². The number of aromatic nitrogens is 3. The number of rotatable bonds is 3. The van der Waals surface area contributed by atoms with Crippen molar-refractivity contribution in [2.45, 2.75) is 65.1 Å². The van der Waals surface area contributed by atoms with Crippen molar-refractivity contribution in [2.75, 3.05) is 6.54 Å². The molecule has 4 rings (SSSR count). The van der Waals surface area contributed by atoms with E-state index in [0.29, 0.717) is 0 Å². The molecule has 2 heterocycles. The van der Waals surface area contributed by atoms with Crippen LogP contribution in [0, 0.1) is 24.5 Å². The summed E-state index contributed by atoms with van der Waals surface area (Å²) < 4.78 is 4.85. The minimum Gasteiger partial charge on any atom is -0.281 e. The van der Waals surface area contributed by atoms with Gasteiger partial charge < -0.3 is 0 Å². The van der Waals surface area contributed by atoms with E-state index >= 15 is 0 Å². The molecule has 2 aliphatic rings. The van der Waals surface area contributed by atoms with E-state index in [9.17, 15) is 0 Å². The van der Waals surface area contributed by atoms with Crippen molar-refractivity contribution in [2.24, 2.45) is 5.92 Å². The second kappa shape index (κ2) is 7.04. The maximum Gasteiger partial charge on any atom is 0.203 e. The number of aryl methyl sites for hydroxylation is 2. The standard InChI is InChI=1S/C20H28N4S/c1-15-9-10-18(16(2)12-15)23-13-21-24(20(23)25)14-22-11-5-7-17-6-3-4-8-19(17)22/h9-10,12-13,17,19H,3-8,11,14H2,1-2H3. The smallest absolute Gasteiger partial charge is 0.203 e. The SMILES string of the molecule is Cc1ccc(-n2cnn(CN3CCCC4CCCCC43)c2=S)c(C)c1. The van der Waals surface area contributed by atoms with Gasteiger partial charge in [-0.1, -0.05) is 30.5 Å². The van der Waals surface area contributed by atoms with Gasteiger partial charge in [0.05, 0.1) is 12.4 Å². The average molecular weight is 357 g/mol. The number of benzene rings is 1. The zero-order valence-electron chi connectivity index (χ0n) is 15.3. The minimum atomic E-state index is 0.732. The summed E-state index contributed by atoms with van der Waals surface area (Å²) in [5.41, 5.74) is 3.65. The number of hydrogen-bond acceptors (Lipinski definition) is 3. The Morgan fingerprint density at radius 1 is 1.12 bits per heavy atom. The van der Waals surface area contributed by atoms with Crippen LogP contribution in [-0.4, -0.2) is 31.8 Å². The van der Waals surface area contributed by atoms with Crippen LogP contribution in [-0.2, 0) is 6.67 Å². The summed E-state index contributed by atoms with van der Waals surface area (Å²) in [5.74, 6) is 0.887. The molecule has 0 spiro atoms. The second-order valence-corrected chi connectivity index (χ2v) is 8.15. The van der Waals surface area contributed by atoms with Gasteiger partial charge >= 0.3 is 0 Å². The second-order valence-electron chi connectivity index (χ2n) is 7.78. The fraction of sp³-hybridized carbons (Fsp3) is 0.600. The highest BCUT2D eigenvalue weighted by Gasteiger charge is 2.33. The molecule has 2 atom stereocenters. The fourth-order valence-corrected chi connectivity index (χ4v) is 5.00. The predicted octanol–water partition coefficient (Wildman–Crippen LogP) is 4.63. The van der Waals surface area contributed by atoms with Gasteiger partial charge in [-0.25, -0.2) is 4.68 Å². The molecule has 1 aromatic carbocycles. The summed E-state index contributed by atoms with van der Waals surface area (Å²) in [5, 5.41) is 4.62. The molecule has 25 heavy (non-hydrogen) atoms. The van der Waals surface area contributed by atoms with Crippen molar-refractivity contribution in [3.8, 4) is 5.69 Å². The molecular formula is C20H28N4S. The number of hydrogen-bond donors (Lipinski definition) is 0. The monoisotopic (exact) mass is 356 g/mol. The quantitative estimate of drug-likeness (QED) is 0.750. The van der Waals surface area contributed by atoms with Gasteiger partial charge in [0.25, 0.3) is 0 Å². The average Bonchev–Trinajstić information content (AvgIpc) is 2.96. The third-order valence-electron chi connectivity index (χ3n) is 6.02. The zero-order valence-corrected chi connectivity index (χ0v) is 16.1. The third kappa shape index (κ3) is 3.32. The molecule has 0 amide bonds. The van der Waals surface area contributed by atoms with E-state index in [0.717, 1.165) is 29.1 Å². The van der Waals surface area contributed by atoms with Crippen molar-refractivity contribution < 1.29 is 0 Å². The molecule has 1 saturated carbocycles. The van der Waals surface area contributed by atoms with Crippen LogP contribution in [0.25, 0.3) is 5.69 Å². The van der Waals surface area contributed by atoms with E-state index in [1.54, 1.807) is 0 Å². The molecule has 1 saturated heterocycles. The normalized spacial score (nSPS) is 24.2. The van der Waals surface area contributed by atoms with Gasteiger partial charge in [-0.2, -0.15) is 5.10 Å². The lowest BCUT2D eigenvalue weighted by Gasteiger charge is -2.43. The first-order valence-corrected chi connectivity index (χ1v) is 10.0. The van der Waals surface area contributed by atoms with Crippen LogP contribution in [0.3, 0.4) is 0 Å². The Bertz CT molecular complexity index is 804. The first kappa shape index (κ1) is 17.0. The summed E-state index contributed by atoms with van der Waals surface area (Å²) in [6.07, 6.45) is 10.1. The maximum absolute atomic E-state index is 5.75. The Morgan fingerprint density at radius 3 is 2.76 bits per heavy atom. The summed E-state index contributed by atoms with van der Waals surface area (Å²) in [6, 6.07) is 7.21. The van der Waals surface area contributed by atoms with Crippen LogP contribution in [0.1, 0.15) is 49.7 Å². The summed E-state index contributed by atoms with van der Waals surface area (Å²) in [7, 11) is 0. The highest BCUT2D eigenvalue weighted by Crippen LogP contribution is 2.35. The van der Waals surface area contributed by atoms with Gasteiger partial charge in [0.15, 0.2) is 0 Å². The first-order chi connectivity index (χ1) is 12.1. The molecule has 1 aliphatic carbocycles. The zero-order chi connectivity index (χ0) is 17.4. The Morgan fingerprint density at radius 2 is 1.92 bits per heavy atom. The van der Waals surface area contributed by atoms with Crippen molar-refractivity contribution >= 4 is 12.2 Å². The number of nitrogens with zero attached hydrogens (tertiary/aromatic N) is 4. The molecule has 0 bridgehead atoms. The molecule has 2 aromatic rings. The Kier molecular flexibility index (Phi) is 4.78. The van der Waals surface area contributed by atoms with Gasteiger partial charge in [0.1, 0.15) is 6.33 Å². The van der Waals surface area contributed by atoms with Crippen molar-refractivity contribution in [3.63, 3.8) is 0 Å². The van der Waals surface area contributed by atoms with E-state index in [4.69, 9.17) is 12.2 Å². The Balaban J connectivity index is 1.58. The molecule has 134 valence electrons. The molecule has 1 aromatic heterocycles. The van der Waals surface area contributed by atoms with Gasteiger partial charge in [-0.05, 0) is 69.3 Å². The van der Waals surface area contributed by atoms with Crippen molar-refractivity contribution in [3.05, 3.63) is 40.4 Å².